The van der Waals surface area contributed by atoms with Gasteiger partial charge < -0.3 is 5.32 Å². The molecule has 0 bridgehead atoms. The molecule has 0 amide bonds. The summed E-state index contributed by atoms with van der Waals surface area (Å²) in [5.41, 5.74) is 0.963. The van der Waals surface area contributed by atoms with Crippen LogP contribution in [0.3, 0.4) is 0 Å². The minimum Gasteiger partial charge on any atom is -0.384 e. The van der Waals surface area contributed by atoms with Crippen molar-refractivity contribution in [3.8, 4) is 0 Å². The lowest BCUT2D eigenvalue weighted by Crippen LogP contribution is -2.15. The Hall–Kier alpha value is -1.03. The first-order valence-electron chi connectivity index (χ1n) is 6.82. The van der Waals surface area contributed by atoms with Gasteiger partial charge in [-0.1, -0.05) is 39.8 Å². The third-order valence-electron chi connectivity index (χ3n) is 2.89. The van der Waals surface area contributed by atoms with Gasteiger partial charge in [-0.3, -0.25) is 0 Å². The van der Waals surface area contributed by atoms with Crippen LogP contribution in [0.4, 0.5) is 5.69 Å². The van der Waals surface area contributed by atoms with Crippen molar-refractivity contribution in [2.24, 2.45) is 5.41 Å². The molecule has 0 saturated carbocycles. The monoisotopic (exact) mass is 283 g/mol. The molecule has 108 valence electrons. The zero-order valence-corrected chi connectivity index (χ0v) is 13.2. The van der Waals surface area contributed by atoms with Crippen molar-refractivity contribution in [2.45, 2.75) is 45.4 Å². The van der Waals surface area contributed by atoms with E-state index in [0.29, 0.717) is 11.3 Å². The maximum atomic E-state index is 12.2. The van der Waals surface area contributed by atoms with Gasteiger partial charge in [-0.05, 0) is 30.4 Å². The fraction of sp³-hybridized carbons (Fsp3) is 0.600. The third-order valence-corrected chi connectivity index (χ3v) is 4.86. The Kier molecular flexibility index (Phi) is 5.41. The summed E-state index contributed by atoms with van der Waals surface area (Å²) in [6, 6.07) is 7.16. The molecule has 0 fully saturated rings. The van der Waals surface area contributed by atoms with Gasteiger partial charge in [0.2, 0.25) is 0 Å². The Balaban J connectivity index is 2.85. The topological polar surface area (TPSA) is 46.2 Å². The van der Waals surface area contributed by atoms with E-state index in [1.54, 1.807) is 12.1 Å². The van der Waals surface area contributed by atoms with Crippen LogP contribution in [0.15, 0.2) is 29.2 Å². The van der Waals surface area contributed by atoms with Crippen molar-refractivity contribution >= 4 is 15.5 Å². The van der Waals surface area contributed by atoms with Gasteiger partial charge in [-0.2, -0.15) is 0 Å². The van der Waals surface area contributed by atoms with Gasteiger partial charge in [0.05, 0.1) is 16.3 Å². The van der Waals surface area contributed by atoms with E-state index in [-0.39, 0.29) is 11.2 Å². The van der Waals surface area contributed by atoms with Crippen molar-refractivity contribution in [2.75, 3.05) is 17.6 Å². The van der Waals surface area contributed by atoms with E-state index in [0.717, 1.165) is 18.7 Å². The van der Waals surface area contributed by atoms with Crippen LogP contribution in [-0.2, 0) is 9.84 Å². The first kappa shape index (κ1) is 16.0. The second kappa shape index (κ2) is 6.42. The molecule has 0 aliphatic heterocycles. The van der Waals surface area contributed by atoms with Crippen LogP contribution in [0.25, 0.3) is 0 Å². The standard InChI is InChI=1S/C15H25NO2S/c1-5-12-19(17,18)14-9-7-6-8-13(14)16-11-10-15(2,3)4/h6-9,16H,5,10-12H2,1-4H3. The van der Waals surface area contributed by atoms with Gasteiger partial charge in [-0.15, -0.1) is 0 Å². The largest absolute Gasteiger partial charge is 0.384 e. The highest BCUT2D eigenvalue weighted by molar-refractivity contribution is 7.91. The average Bonchev–Trinajstić information content (AvgIpc) is 2.27. The van der Waals surface area contributed by atoms with Crippen molar-refractivity contribution in [3.05, 3.63) is 24.3 Å². The lowest BCUT2D eigenvalue weighted by Gasteiger charge is -2.19. The second-order valence-electron chi connectivity index (χ2n) is 6.05. The highest BCUT2D eigenvalue weighted by atomic mass is 32.2. The van der Waals surface area contributed by atoms with E-state index in [4.69, 9.17) is 0 Å². The van der Waals surface area contributed by atoms with E-state index in [1.807, 2.05) is 19.1 Å². The van der Waals surface area contributed by atoms with Gasteiger partial charge in [0.25, 0.3) is 0 Å². The number of benzene rings is 1. The molecule has 0 unspecified atom stereocenters. The minimum atomic E-state index is -3.17. The average molecular weight is 283 g/mol. The van der Waals surface area contributed by atoms with Crippen molar-refractivity contribution in [1.29, 1.82) is 0 Å². The molecule has 1 aromatic rings. The van der Waals surface area contributed by atoms with Gasteiger partial charge in [-0.25, -0.2) is 8.42 Å². The van der Waals surface area contributed by atoms with Crippen LogP contribution in [0, 0.1) is 5.41 Å². The predicted octanol–water partition coefficient (Wildman–Crippen LogP) is 3.72. The van der Waals surface area contributed by atoms with Crippen LogP contribution >= 0.6 is 0 Å². The summed E-state index contributed by atoms with van der Waals surface area (Å²) in [6.45, 7) is 9.19. The van der Waals surface area contributed by atoms with E-state index in [1.165, 1.54) is 0 Å². The zero-order chi connectivity index (χ0) is 14.5. The molecule has 1 rings (SSSR count). The fourth-order valence-corrected chi connectivity index (χ4v) is 3.35. The molecule has 0 atom stereocenters. The summed E-state index contributed by atoms with van der Waals surface area (Å²) < 4.78 is 24.3. The lowest BCUT2D eigenvalue weighted by atomic mass is 9.92. The van der Waals surface area contributed by atoms with Crippen LogP contribution in [0.5, 0.6) is 0 Å². The molecule has 0 aliphatic rings. The molecule has 0 heterocycles. The Morgan fingerprint density at radius 1 is 1.16 bits per heavy atom. The Bertz CT molecular complexity index is 501. The third kappa shape index (κ3) is 5.23. The van der Waals surface area contributed by atoms with Crippen molar-refractivity contribution in [3.63, 3.8) is 0 Å². The van der Waals surface area contributed by atoms with Crippen LogP contribution in [0.1, 0.15) is 40.5 Å². The van der Waals surface area contributed by atoms with Crippen molar-refractivity contribution < 1.29 is 8.42 Å². The smallest absolute Gasteiger partial charge is 0.180 e. The number of hydrogen-bond donors (Lipinski definition) is 1. The number of para-hydroxylation sites is 1. The Morgan fingerprint density at radius 2 is 1.79 bits per heavy atom. The molecule has 3 nitrogen and oxygen atoms in total. The normalized spacial score (nSPS) is 12.4. The van der Waals surface area contributed by atoms with Crippen molar-refractivity contribution in [1.82, 2.24) is 0 Å². The molecule has 0 radical (unpaired) electrons. The highest BCUT2D eigenvalue weighted by Crippen LogP contribution is 2.24. The molecular weight excluding hydrogens is 258 g/mol. The molecule has 0 aromatic heterocycles. The minimum absolute atomic E-state index is 0.199. The first-order chi connectivity index (χ1) is 8.76. The number of nitrogens with one attached hydrogen (secondary N) is 1. The van der Waals surface area contributed by atoms with Crippen LogP contribution < -0.4 is 5.32 Å². The summed E-state index contributed by atoms with van der Waals surface area (Å²) in [5.74, 6) is 0.199. The highest BCUT2D eigenvalue weighted by Gasteiger charge is 2.17. The van der Waals surface area contributed by atoms with Crippen LogP contribution in [-0.4, -0.2) is 20.7 Å². The molecule has 0 aliphatic carbocycles. The zero-order valence-electron chi connectivity index (χ0n) is 12.4. The SMILES string of the molecule is CCCS(=O)(=O)c1ccccc1NCCC(C)(C)C. The van der Waals surface area contributed by atoms with E-state index in [2.05, 4.69) is 26.1 Å². The maximum Gasteiger partial charge on any atom is 0.180 e. The van der Waals surface area contributed by atoms with E-state index in [9.17, 15) is 8.42 Å². The fourth-order valence-electron chi connectivity index (χ4n) is 1.83. The summed E-state index contributed by atoms with van der Waals surface area (Å²) in [6.07, 6.45) is 1.63. The van der Waals surface area contributed by atoms with Gasteiger partial charge in [0.1, 0.15) is 0 Å². The summed E-state index contributed by atoms with van der Waals surface area (Å²) >= 11 is 0. The number of hydrogen-bond acceptors (Lipinski definition) is 3. The Labute approximate surface area is 117 Å². The predicted molar refractivity (Wildman–Crippen MR) is 81.3 cm³/mol. The summed E-state index contributed by atoms with van der Waals surface area (Å²) in [4.78, 5) is 0.422. The van der Waals surface area contributed by atoms with E-state index < -0.39 is 9.84 Å². The molecule has 0 spiro atoms. The number of rotatable bonds is 6. The second-order valence-corrected chi connectivity index (χ2v) is 8.13. The van der Waals surface area contributed by atoms with E-state index >= 15 is 0 Å². The first-order valence-corrected chi connectivity index (χ1v) is 8.47. The Morgan fingerprint density at radius 3 is 2.37 bits per heavy atom. The molecule has 4 heteroatoms. The molecule has 19 heavy (non-hydrogen) atoms. The van der Waals surface area contributed by atoms with Gasteiger partial charge in [0, 0.05) is 6.54 Å². The van der Waals surface area contributed by atoms with Gasteiger partial charge >= 0.3 is 0 Å². The maximum absolute atomic E-state index is 12.2. The molecule has 1 N–H and O–H groups in total. The number of anilines is 1. The van der Waals surface area contributed by atoms with Crippen LogP contribution in [0.2, 0.25) is 0 Å². The lowest BCUT2D eigenvalue weighted by molar-refractivity contribution is 0.389. The molecular formula is C15H25NO2S. The molecule has 1 aromatic carbocycles. The summed E-state index contributed by atoms with van der Waals surface area (Å²) in [7, 11) is -3.17. The summed E-state index contributed by atoms with van der Waals surface area (Å²) in [5, 5.41) is 3.26. The number of sulfone groups is 1. The van der Waals surface area contributed by atoms with Gasteiger partial charge in [0.15, 0.2) is 9.84 Å². The molecule has 0 saturated heterocycles. The quantitative estimate of drug-likeness (QED) is 0.865.